The maximum Gasteiger partial charge on any atom is 0.309 e. The highest BCUT2D eigenvalue weighted by molar-refractivity contribution is 5.73. The molecule has 0 spiro atoms. The third-order valence-electron chi connectivity index (χ3n) is 7.74. The number of carbonyl (C=O) groups is 2. The Morgan fingerprint density at radius 2 is 0.786 bits per heavy atom. The Balaban J connectivity index is 1.71. The van der Waals surface area contributed by atoms with E-state index in [2.05, 4.69) is 0 Å². The van der Waals surface area contributed by atoms with Crippen molar-refractivity contribution in [3.05, 3.63) is 116 Å². The lowest BCUT2D eigenvalue weighted by Crippen LogP contribution is -2.07. The standard InChI is InChI=1S/C34H32O8/c1-41-29(35)13-19-9-25-15-21-5-3-7-23(31(21)37)17-27-11-20(14-30(36)42-2)12-28(34(27)40)18-24-8-4-6-22(32(24)38)16-26(10-19)33(25)39/h3-12,37-40H,13-18H2,1-2H3. The Kier molecular flexibility index (Phi) is 8.06. The molecule has 0 fully saturated rings. The largest absolute Gasteiger partial charge is 0.507 e. The summed E-state index contributed by atoms with van der Waals surface area (Å²) in [7, 11) is 2.63. The number of phenolic OH excluding ortho intramolecular Hbond substituents is 4. The predicted molar refractivity (Wildman–Crippen MR) is 155 cm³/mol. The van der Waals surface area contributed by atoms with Gasteiger partial charge >= 0.3 is 11.9 Å². The average molecular weight is 569 g/mol. The minimum atomic E-state index is -0.429. The van der Waals surface area contributed by atoms with E-state index in [0.29, 0.717) is 55.6 Å². The van der Waals surface area contributed by atoms with Crippen molar-refractivity contribution >= 4 is 11.9 Å². The Morgan fingerprint density at radius 1 is 0.524 bits per heavy atom. The third-order valence-corrected chi connectivity index (χ3v) is 7.74. The van der Waals surface area contributed by atoms with Gasteiger partial charge in [0.2, 0.25) is 0 Å². The fourth-order valence-corrected chi connectivity index (χ4v) is 5.57. The monoisotopic (exact) mass is 568 g/mol. The highest BCUT2D eigenvalue weighted by Crippen LogP contribution is 2.38. The van der Waals surface area contributed by atoms with Crippen LogP contribution in [0.5, 0.6) is 23.0 Å². The SMILES string of the molecule is COC(=O)Cc1cc2c(O)c(c1)Cc1cccc(c1O)Cc1cc(CC(=O)OC)cc(c1O)Cc1cccc(c1O)C2. The summed E-state index contributed by atoms with van der Waals surface area (Å²) in [5, 5.41) is 45.3. The lowest BCUT2D eigenvalue weighted by molar-refractivity contribution is -0.140. The van der Waals surface area contributed by atoms with Gasteiger partial charge in [0.1, 0.15) is 23.0 Å². The van der Waals surface area contributed by atoms with Gasteiger partial charge in [-0.2, -0.15) is 0 Å². The van der Waals surface area contributed by atoms with Crippen LogP contribution in [0.25, 0.3) is 0 Å². The molecule has 4 aromatic carbocycles. The van der Waals surface area contributed by atoms with Crippen molar-refractivity contribution in [3.63, 3.8) is 0 Å². The highest BCUT2D eigenvalue weighted by Gasteiger charge is 2.21. The maximum atomic E-state index is 12.1. The number of hydrogen-bond acceptors (Lipinski definition) is 8. The zero-order chi connectivity index (χ0) is 30.0. The number of ether oxygens (including phenoxy) is 2. The summed E-state index contributed by atoms with van der Waals surface area (Å²) in [6.07, 6.45) is 0.657. The molecule has 0 saturated heterocycles. The summed E-state index contributed by atoms with van der Waals surface area (Å²) in [4.78, 5) is 24.2. The Morgan fingerprint density at radius 3 is 1.05 bits per heavy atom. The van der Waals surface area contributed by atoms with Crippen LogP contribution in [-0.2, 0) is 57.6 Å². The van der Waals surface area contributed by atoms with E-state index in [9.17, 15) is 30.0 Å². The van der Waals surface area contributed by atoms with E-state index in [1.807, 2.05) is 0 Å². The first-order chi connectivity index (χ1) is 20.2. The van der Waals surface area contributed by atoms with E-state index >= 15 is 0 Å². The normalized spacial score (nSPS) is 12.4. The van der Waals surface area contributed by atoms with Crippen molar-refractivity contribution in [1.82, 2.24) is 0 Å². The van der Waals surface area contributed by atoms with Crippen LogP contribution >= 0.6 is 0 Å². The molecule has 8 heteroatoms. The first-order valence-electron chi connectivity index (χ1n) is 13.6. The maximum absolute atomic E-state index is 12.1. The molecule has 42 heavy (non-hydrogen) atoms. The Hall–Kier alpha value is -4.98. The molecule has 4 N–H and O–H groups in total. The van der Waals surface area contributed by atoms with E-state index in [0.717, 1.165) is 0 Å². The van der Waals surface area contributed by atoms with Gasteiger partial charge < -0.3 is 29.9 Å². The number of para-hydroxylation sites is 2. The molecular formula is C34H32O8. The Labute approximate surface area is 243 Å². The average Bonchev–Trinajstić information content (AvgIpc) is 2.96. The van der Waals surface area contributed by atoms with Crippen molar-refractivity contribution < 1.29 is 39.5 Å². The molecule has 8 bridgehead atoms. The van der Waals surface area contributed by atoms with Gasteiger partial charge in [0.05, 0.1) is 27.1 Å². The molecule has 0 aromatic heterocycles. The van der Waals surface area contributed by atoms with Crippen molar-refractivity contribution in [1.29, 1.82) is 0 Å². The van der Waals surface area contributed by atoms with Gasteiger partial charge in [-0.15, -0.1) is 0 Å². The van der Waals surface area contributed by atoms with Crippen LogP contribution in [-0.4, -0.2) is 46.6 Å². The molecule has 1 aliphatic rings. The quantitative estimate of drug-likeness (QED) is 0.231. The molecule has 216 valence electrons. The van der Waals surface area contributed by atoms with E-state index < -0.39 is 11.9 Å². The smallest absolute Gasteiger partial charge is 0.309 e. The van der Waals surface area contributed by atoms with Crippen LogP contribution in [0.3, 0.4) is 0 Å². The second kappa shape index (κ2) is 11.9. The number of esters is 2. The number of hydrogen-bond donors (Lipinski definition) is 4. The summed E-state index contributed by atoms with van der Waals surface area (Å²) in [5.74, 6) is -0.789. The van der Waals surface area contributed by atoms with Gasteiger partial charge in [-0.25, -0.2) is 0 Å². The molecule has 0 saturated carbocycles. The number of methoxy groups -OCH3 is 2. The molecule has 0 amide bonds. The topological polar surface area (TPSA) is 134 Å². The summed E-state index contributed by atoms with van der Waals surface area (Å²) in [6, 6.07) is 17.5. The fourth-order valence-electron chi connectivity index (χ4n) is 5.57. The number of phenols is 4. The van der Waals surface area contributed by atoms with Crippen LogP contribution in [0.4, 0.5) is 0 Å². The molecule has 1 aliphatic carbocycles. The van der Waals surface area contributed by atoms with E-state index in [1.165, 1.54) is 14.2 Å². The van der Waals surface area contributed by atoms with Gasteiger partial charge in [0.15, 0.2) is 0 Å². The van der Waals surface area contributed by atoms with Crippen LogP contribution in [0.15, 0.2) is 60.7 Å². The Bertz CT molecular complexity index is 1470. The number of carbonyl (C=O) groups excluding carboxylic acids is 2. The van der Waals surface area contributed by atoms with E-state index in [4.69, 9.17) is 9.47 Å². The molecule has 8 nitrogen and oxygen atoms in total. The molecule has 5 rings (SSSR count). The predicted octanol–water partition coefficient (Wildman–Crippen LogP) is 4.62. The second-order valence-electron chi connectivity index (χ2n) is 10.6. The number of fused-ring (bicyclic) bond motifs is 8. The first-order valence-corrected chi connectivity index (χ1v) is 13.6. The summed E-state index contributed by atoms with van der Waals surface area (Å²) in [6.45, 7) is 0. The number of benzene rings is 4. The second-order valence-corrected chi connectivity index (χ2v) is 10.6. The highest BCUT2D eigenvalue weighted by atomic mass is 16.5. The summed E-state index contributed by atoms with van der Waals surface area (Å²) < 4.78 is 9.71. The molecule has 0 aliphatic heterocycles. The van der Waals surface area contributed by atoms with Crippen molar-refractivity contribution in [3.8, 4) is 23.0 Å². The van der Waals surface area contributed by atoms with Gasteiger partial charge in [-0.1, -0.05) is 60.7 Å². The lowest BCUT2D eigenvalue weighted by Gasteiger charge is -2.18. The molecule has 4 aromatic rings. The number of aromatic hydroxyl groups is 4. The molecule has 0 radical (unpaired) electrons. The van der Waals surface area contributed by atoms with Crippen LogP contribution < -0.4 is 0 Å². The van der Waals surface area contributed by atoms with Gasteiger partial charge in [-0.05, 0) is 55.6 Å². The molecule has 0 heterocycles. The minimum Gasteiger partial charge on any atom is -0.507 e. The zero-order valence-electron chi connectivity index (χ0n) is 23.4. The fraction of sp³-hybridized carbons (Fsp3) is 0.235. The third kappa shape index (κ3) is 5.88. The van der Waals surface area contributed by atoms with Crippen LogP contribution in [0.1, 0.15) is 55.6 Å². The van der Waals surface area contributed by atoms with E-state index in [-0.39, 0.29) is 61.5 Å². The molecular weight excluding hydrogens is 536 g/mol. The van der Waals surface area contributed by atoms with Crippen molar-refractivity contribution in [2.75, 3.05) is 14.2 Å². The lowest BCUT2D eigenvalue weighted by atomic mass is 9.89. The van der Waals surface area contributed by atoms with Gasteiger partial charge in [0.25, 0.3) is 0 Å². The van der Waals surface area contributed by atoms with Gasteiger partial charge in [-0.3, -0.25) is 9.59 Å². The molecule has 0 atom stereocenters. The van der Waals surface area contributed by atoms with Crippen LogP contribution in [0, 0.1) is 0 Å². The van der Waals surface area contributed by atoms with Crippen molar-refractivity contribution in [2.45, 2.75) is 38.5 Å². The van der Waals surface area contributed by atoms with Crippen molar-refractivity contribution in [2.24, 2.45) is 0 Å². The zero-order valence-corrected chi connectivity index (χ0v) is 23.4. The van der Waals surface area contributed by atoms with E-state index in [1.54, 1.807) is 60.7 Å². The van der Waals surface area contributed by atoms with Crippen LogP contribution in [0.2, 0.25) is 0 Å². The first kappa shape index (κ1) is 28.5. The minimum absolute atomic E-state index is 0.00332. The summed E-state index contributed by atoms with van der Waals surface area (Å²) in [5.41, 5.74) is 5.48. The molecule has 0 unspecified atom stereocenters. The summed E-state index contributed by atoms with van der Waals surface area (Å²) >= 11 is 0. The number of rotatable bonds is 4. The van der Waals surface area contributed by atoms with Gasteiger partial charge in [0, 0.05) is 25.7 Å².